The van der Waals surface area contributed by atoms with Gasteiger partial charge in [0.1, 0.15) is 6.10 Å². The zero-order valence-corrected chi connectivity index (χ0v) is 13.6. The fourth-order valence-electron chi connectivity index (χ4n) is 1.91. The van der Waals surface area contributed by atoms with Crippen molar-refractivity contribution in [1.82, 2.24) is 0 Å². The standard InChI is InChI=1S/C15H24O4Si/c1-5-19-14(17)10-13(16)15(18)11-7-6-8-12(9-11)20(2,3)4/h6-9,13,15-16,18H,5,10H2,1-4H3. The van der Waals surface area contributed by atoms with E-state index < -0.39 is 26.3 Å². The van der Waals surface area contributed by atoms with Crippen LogP contribution in [0.1, 0.15) is 25.0 Å². The van der Waals surface area contributed by atoms with Gasteiger partial charge in [-0.1, -0.05) is 49.1 Å². The van der Waals surface area contributed by atoms with Gasteiger partial charge in [-0.3, -0.25) is 4.79 Å². The molecule has 0 radical (unpaired) electrons. The third kappa shape index (κ3) is 4.74. The fraction of sp³-hybridized carbons (Fsp3) is 0.533. The summed E-state index contributed by atoms with van der Waals surface area (Å²) in [5.74, 6) is -0.500. The smallest absolute Gasteiger partial charge is 0.308 e. The van der Waals surface area contributed by atoms with Gasteiger partial charge in [-0.25, -0.2) is 0 Å². The summed E-state index contributed by atoms with van der Waals surface area (Å²) < 4.78 is 4.77. The maximum atomic E-state index is 11.3. The lowest BCUT2D eigenvalue weighted by atomic mass is 10.0. The first-order chi connectivity index (χ1) is 9.25. The highest BCUT2D eigenvalue weighted by Gasteiger charge is 2.24. The second kappa shape index (κ2) is 7.01. The second-order valence-electron chi connectivity index (χ2n) is 5.90. The summed E-state index contributed by atoms with van der Waals surface area (Å²) in [6.45, 7) is 8.62. The van der Waals surface area contributed by atoms with Gasteiger partial charge in [-0.2, -0.15) is 0 Å². The van der Waals surface area contributed by atoms with Gasteiger partial charge in [0.05, 0.1) is 27.2 Å². The van der Waals surface area contributed by atoms with Gasteiger partial charge in [0, 0.05) is 0 Å². The average Bonchev–Trinajstić information content (AvgIpc) is 2.37. The molecule has 2 unspecified atom stereocenters. The van der Waals surface area contributed by atoms with Crippen molar-refractivity contribution < 1.29 is 19.7 Å². The minimum Gasteiger partial charge on any atom is -0.466 e. The zero-order chi connectivity index (χ0) is 15.3. The number of ether oxygens (including phenoxy) is 1. The zero-order valence-electron chi connectivity index (χ0n) is 12.6. The SMILES string of the molecule is CCOC(=O)CC(O)C(O)c1cccc([Si](C)(C)C)c1. The van der Waals surface area contributed by atoms with Crippen molar-refractivity contribution in [3.63, 3.8) is 0 Å². The molecule has 1 rings (SSSR count). The Labute approximate surface area is 121 Å². The van der Waals surface area contributed by atoms with Gasteiger partial charge in [0.25, 0.3) is 0 Å². The van der Waals surface area contributed by atoms with Gasteiger partial charge in [0.15, 0.2) is 0 Å². The number of esters is 1. The van der Waals surface area contributed by atoms with E-state index >= 15 is 0 Å². The Morgan fingerprint density at radius 2 is 1.95 bits per heavy atom. The molecule has 1 aromatic carbocycles. The summed E-state index contributed by atoms with van der Waals surface area (Å²) in [7, 11) is -1.47. The number of hydrogen-bond acceptors (Lipinski definition) is 4. The van der Waals surface area contributed by atoms with E-state index in [2.05, 4.69) is 19.6 Å². The average molecular weight is 296 g/mol. The van der Waals surface area contributed by atoms with Crippen molar-refractivity contribution in [1.29, 1.82) is 0 Å². The van der Waals surface area contributed by atoms with E-state index in [4.69, 9.17) is 4.74 Å². The van der Waals surface area contributed by atoms with Crippen molar-refractivity contribution in [2.24, 2.45) is 0 Å². The Kier molecular flexibility index (Phi) is 5.92. The minimum absolute atomic E-state index is 0.202. The Bertz CT molecular complexity index is 453. The topological polar surface area (TPSA) is 66.8 Å². The van der Waals surface area contributed by atoms with Crippen molar-refractivity contribution in [2.75, 3.05) is 6.61 Å². The highest BCUT2D eigenvalue weighted by molar-refractivity contribution is 6.88. The predicted molar refractivity (Wildman–Crippen MR) is 81.6 cm³/mol. The molecule has 0 aromatic heterocycles. The first-order valence-corrected chi connectivity index (χ1v) is 10.4. The molecule has 0 aliphatic heterocycles. The van der Waals surface area contributed by atoms with Crippen molar-refractivity contribution in [3.8, 4) is 0 Å². The molecule has 0 aliphatic carbocycles. The quantitative estimate of drug-likeness (QED) is 0.618. The third-order valence-electron chi connectivity index (χ3n) is 3.14. The van der Waals surface area contributed by atoms with Gasteiger partial charge in [-0.05, 0) is 12.5 Å². The molecule has 5 heteroatoms. The van der Waals surface area contributed by atoms with E-state index in [1.54, 1.807) is 13.0 Å². The number of aliphatic hydroxyl groups excluding tert-OH is 2. The molecule has 0 spiro atoms. The number of benzene rings is 1. The van der Waals surface area contributed by atoms with Crippen LogP contribution in [0.3, 0.4) is 0 Å². The highest BCUT2D eigenvalue weighted by Crippen LogP contribution is 2.19. The molecule has 0 fully saturated rings. The summed E-state index contributed by atoms with van der Waals surface area (Å²) in [5, 5.41) is 21.3. The molecule has 2 atom stereocenters. The number of rotatable bonds is 6. The number of carbonyl (C=O) groups excluding carboxylic acids is 1. The lowest BCUT2D eigenvalue weighted by molar-refractivity contribution is -0.147. The van der Waals surface area contributed by atoms with Gasteiger partial charge >= 0.3 is 5.97 Å². The number of aliphatic hydroxyl groups is 2. The van der Waals surface area contributed by atoms with Crippen LogP contribution in [-0.4, -0.2) is 37.0 Å². The van der Waals surface area contributed by atoms with E-state index in [-0.39, 0.29) is 13.0 Å². The molecule has 20 heavy (non-hydrogen) atoms. The molecule has 0 saturated heterocycles. The summed E-state index contributed by atoms with van der Waals surface area (Å²) in [6.07, 6.45) is -2.42. The first-order valence-electron chi connectivity index (χ1n) is 6.88. The lowest BCUT2D eigenvalue weighted by Gasteiger charge is -2.21. The van der Waals surface area contributed by atoms with E-state index in [0.29, 0.717) is 5.56 Å². The molecule has 0 amide bonds. The van der Waals surface area contributed by atoms with Crippen LogP contribution in [0.2, 0.25) is 19.6 Å². The molecule has 0 aliphatic rings. The lowest BCUT2D eigenvalue weighted by Crippen LogP contribution is -2.38. The van der Waals surface area contributed by atoms with Crippen LogP contribution in [-0.2, 0) is 9.53 Å². The van der Waals surface area contributed by atoms with Crippen LogP contribution < -0.4 is 5.19 Å². The van der Waals surface area contributed by atoms with E-state index in [9.17, 15) is 15.0 Å². The van der Waals surface area contributed by atoms with Crippen molar-refractivity contribution >= 4 is 19.2 Å². The maximum absolute atomic E-state index is 11.3. The van der Waals surface area contributed by atoms with Crippen molar-refractivity contribution in [2.45, 2.75) is 45.2 Å². The summed E-state index contributed by atoms with van der Waals surface area (Å²) in [4.78, 5) is 11.3. The first kappa shape index (κ1) is 16.9. The Balaban J connectivity index is 2.81. The monoisotopic (exact) mass is 296 g/mol. The molecule has 0 bridgehead atoms. The van der Waals surface area contributed by atoms with Crippen LogP contribution in [0.5, 0.6) is 0 Å². The van der Waals surface area contributed by atoms with Crippen LogP contribution in [0, 0.1) is 0 Å². The third-order valence-corrected chi connectivity index (χ3v) is 5.18. The molecular formula is C15H24O4Si. The van der Waals surface area contributed by atoms with E-state index in [0.717, 1.165) is 0 Å². The second-order valence-corrected chi connectivity index (χ2v) is 11.0. The summed E-state index contributed by atoms with van der Waals surface area (Å²) in [5.41, 5.74) is 0.640. The van der Waals surface area contributed by atoms with E-state index in [1.807, 2.05) is 18.2 Å². The predicted octanol–water partition coefficient (Wildman–Crippen LogP) is 1.58. The molecular weight excluding hydrogens is 272 g/mol. The Hall–Kier alpha value is -1.17. The molecule has 0 heterocycles. The van der Waals surface area contributed by atoms with Crippen LogP contribution in [0.4, 0.5) is 0 Å². The van der Waals surface area contributed by atoms with Crippen LogP contribution in [0.25, 0.3) is 0 Å². The van der Waals surface area contributed by atoms with E-state index in [1.165, 1.54) is 5.19 Å². The Morgan fingerprint density at radius 1 is 1.30 bits per heavy atom. The number of hydrogen-bond donors (Lipinski definition) is 2. The van der Waals surface area contributed by atoms with Crippen molar-refractivity contribution in [3.05, 3.63) is 29.8 Å². The molecule has 112 valence electrons. The Morgan fingerprint density at radius 3 is 2.50 bits per heavy atom. The minimum atomic E-state index is -1.47. The molecule has 2 N–H and O–H groups in total. The maximum Gasteiger partial charge on any atom is 0.308 e. The van der Waals surface area contributed by atoms with Gasteiger partial charge in [0.2, 0.25) is 0 Å². The molecule has 4 nitrogen and oxygen atoms in total. The summed E-state index contributed by atoms with van der Waals surface area (Å²) >= 11 is 0. The van der Waals surface area contributed by atoms with Crippen LogP contribution in [0.15, 0.2) is 24.3 Å². The van der Waals surface area contributed by atoms with Gasteiger partial charge in [-0.15, -0.1) is 0 Å². The fourth-order valence-corrected chi connectivity index (χ4v) is 3.11. The molecule has 1 aromatic rings. The van der Waals surface area contributed by atoms with Crippen LogP contribution >= 0.6 is 0 Å². The molecule has 0 saturated carbocycles. The normalized spacial score (nSPS) is 14.7. The summed E-state index contributed by atoms with van der Waals surface area (Å²) in [6, 6.07) is 7.61. The largest absolute Gasteiger partial charge is 0.466 e. The van der Waals surface area contributed by atoms with Gasteiger partial charge < -0.3 is 14.9 Å². The number of carbonyl (C=O) groups is 1. The highest BCUT2D eigenvalue weighted by atomic mass is 28.3.